The van der Waals surface area contributed by atoms with Crippen LogP contribution < -0.4 is 5.32 Å². The van der Waals surface area contributed by atoms with E-state index in [2.05, 4.69) is 10.3 Å². The van der Waals surface area contributed by atoms with Crippen LogP contribution >= 0.6 is 0 Å². The third-order valence-corrected chi connectivity index (χ3v) is 2.76. The summed E-state index contributed by atoms with van der Waals surface area (Å²) in [6.45, 7) is 0.687. The van der Waals surface area contributed by atoms with Gasteiger partial charge in [0, 0.05) is 12.7 Å². The van der Waals surface area contributed by atoms with Crippen molar-refractivity contribution in [3.05, 3.63) is 29.8 Å². The van der Waals surface area contributed by atoms with Crippen LogP contribution in [0.3, 0.4) is 0 Å². The van der Waals surface area contributed by atoms with Gasteiger partial charge in [-0.3, -0.25) is 4.79 Å². The molecule has 1 fully saturated rings. The number of carbonyl (C=O) groups is 1. The minimum atomic E-state index is -0.565. The Morgan fingerprint density at radius 1 is 1.50 bits per heavy atom. The molecule has 0 radical (unpaired) electrons. The zero-order valence-corrected chi connectivity index (χ0v) is 9.08. The summed E-state index contributed by atoms with van der Waals surface area (Å²) in [7, 11) is 0. The second-order valence-corrected chi connectivity index (χ2v) is 4.21. The molecule has 1 N–H and O–H groups in total. The maximum absolute atomic E-state index is 12.5. The molecule has 1 aromatic rings. The molecule has 0 unspecified atom stereocenters. The van der Waals surface area contributed by atoms with Crippen LogP contribution in [-0.4, -0.2) is 17.4 Å². The van der Waals surface area contributed by atoms with E-state index in [1.165, 1.54) is 37.6 Å². The molecule has 1 saturated carbocycles. The van der Waals surface area contributed by atoms with Gasteiger partial charge in [-0.15, -0.1) is 0 Å². The molecule has 1 heterocycles. The Labute approximate surface area is 94.1 Å². The number of hydrogen-bond acceptors (Lipinski definition) is 2. The summed E-state index contributed by atoms with van der Waals surface area (Å²) in [6.07, 6.45) is 6.16. The van der Waals surface area contributed by atoms with E-state index in [4.69, 9.17) is 0 Å². The zero-order chi connectivity index (χ0) is 11.4. The van der Waals surface area contributed by atoms with E-state index in [1.54, 1.807) is 0 Å². The molecule has 0 aliphatic heterocycles. The predicted molar refractivity (Wildman–Crippen MR) is 58.5 cm³/mol. The van der Waals surface area contributed by atoms with E-state index in [0.29, 0.717) is 12.1 Å². The normalized spacial score (nSPS) is 14.8. The van der Waals surface area contributed by atoms with Gasteiger partial charge < -0.3 is 5.32 Å². The third-order valence-electron chi connectivity index (χ3n) is 2.76. The molecule has 16 heavy (non-hydrogen) atoms. The van der Waals surface area contributed by atoms with Crippen molar-refractivity contribution in [2.24, 2.45) is 5.92 Å². The van der Waals surface area contributed by atoms with Gasteiger partial charge in [0.15, 0.2) is 0 Å². The van der Waals surface area contributed by atoms with Gasteiger partial charge in [0.1, 0.15) is 0 Å². The molecular weight excluding hydrogens is 207 g/mol. The fourth-order valence-electron chi connectivity index (χ4n) is 1.61. The van der Waals surface area contributed by atoms with Gasteiger partial charge in [-0.25, -0.2) is 4.98 Å². The second-order valence-electron chi connectivity index (χ2n) is 4.21. The standard InChI is InChI=1S/C12H15FN2O/c13-11-6-5-10(8-15-11)12(16)14-7-1-2-9-3-4-9/h5-6,8-9H,1-4,7H2,(H,14,16). The molecule has 0 spiro atoms. The van der Waals surface area contributed by atoms with Crippen LogP contribution in [0.2, 0.25) is 0 Å². The lowest BCUT2D eigenvalue weighted by Gasteiger charge is -2.04. The minimum Gasteiger partial charge on any atom is -0.352 e. The maximum atomic E-state index is 12.5. The minimum absolute atomic E-state index is 0.178. The van der Waals surface area contributed by atoms with Crippen molar-refractivity contribution >= 4 is 5.91 Å². The van der Waals surface area contributed by atoms with E-state index in [1.807, 2.05) is 0 Å². The number of nitrogens with zero attached hydrogens (tertiary/aromatic N) is 1. The quantitative estimate of drug-likeness (QED) is 0.612. The molecule has 3 nitrogen and oxygen atoms in total. The highest BCUT2D eigenvalue weighted by Gasteiger charge is 2.20. The highest BCUT2D eigenvalue weighted by atomic mass is 19.1. The van der Waals surface area contributed by atoms with Crippen LogP contribution in [0.5, 0.6) is 0 Å². The van der Waals surface area contributed by atoms with Gasteiger partial charge in [-0.05, 0) is 30.9 Å². The van der Waals surface area contributed by atoms with Crippen LogP contribution in [0.15, 0.2) is 18.3 Å². The monoisotopic (exact) mass is 222 g/mol. The molecule has 0 saturated heterocycles. The van der Waals surface area contributed by atoms with E-state index < -0.39 is 5.95 Å². The average molecular weight is 222 g/mol. The number of rotatable bonds is 5. The van der Waals surface area contributed by atoms with Gasteiger partial charge in [0.05, 0.1) is 5.56 Å². The van der Waals surface area contributed by atoms with Crippen molar-refractivity contribution in [2.75, 3.05) is 6.54 Å². The lowest BCUT2D eigenvalue weighted by Crippen LogP contribution is -2.24. The Hall–Kier alpha value is -1.45. The molecule has 1 amide bonds. The molecule has 1 aromatic heterocycles. The van der Waals surface area contributed by atoms with E-state index in [9.17, 15) is 9.18 Å². The Kier molecular flexibility index (Phi) is 3.49. The number of pyridine rings is 1. The lowest BCUT2D eigenvalue weighted by atomic mass is 10.2. The van der Waals surface area contributed by atoms with Gasteiger partial charge in [0.2, 0.25) is 5.95 Å². The SMILES string of the molecule is O=C(NCCCC1CC1)c1ccc(F)nc1. The van der Waals surface area contributed by atoms with Gasteiger partial charge in [0.25, 0.3) is 5.91 Å². The number of nitrogens with one attached hydrogen (secondary N) is 1. The number of halogens is 1. The predicted octanol–water partition coefficient (Wildman–Crippen LogP) is 2.14. The van der Waals surface area contributed by atoms with Crippen LogP contribution in [-0.2, 0) is 0 Å². The van der Waals surface area contributed by atoms with Crippen LogP contribution in [0.1, 0.15) is 36.0 Å². The van der Waals surface area contributed by atoms with Crippen molar-refractivity contribution in [2.45, 2.75) is 25.7 Å². The highest BCUT2D eigenvalue weighted by Crippen LogP contribution is 2.33. The molecule has 0 bridgehead atoms. The first-order valence-electron chi connectivity index (χ1n) is 5.65. The summed E-state index contributed by atoms with van der Waals surface area (Å²) >= 11 is 0. The van der Waals surface area contributed by atoms with Crippen LogP contribution in [0.25, 0.3) is 0 Å². The summed E-state index contributed by atoms with van der Waals surface area (Å²) in [5, 5.41) is 2.80. The largest absolute Gasteiger partial charge is 0.352 e. The van der Waals surface area contributed by atoms with E-state index in [-0.39, 0.29) is 5.91 Å². The van der Waals surface area contributed by atoms with Crippen molar-refractivity contribution in [3.8, 4) is 0 Å². The first kappa shape index (κ1) is 11.0. The summed E-state index contributed by atoms with van der Waals surface area (Å²) in [6, 6.07) is 2.64. The molecular formula is C12H15FN2O. The molecule has 86 valence electrons. The average Bonchev–Trinajstić information content (AvgIpc) is 3.09. The Balaban J connectivity index is 1.71. The Morgan fingerprint density at radius 2 is 2.31 bits per heavy atom. The van der Waals surface area contributed by atoms with Crippen molar-refractivity contribution in [1.29, 1.82) is 0 Å². The van der Waals surface area contributed by atoms with Gasteiger partial charge in [-0.2, -0.15) is 4.39 Å². The summed E-state index contributed by atoms with van der Waals surface area (Å²) in [5.74, 6) is 0.151. The number of carbonyl (C=O) groups excluding carboxylic acids is 1. The molecule has 0 atom stereocenters. The second kappa shape index (κ2) is 5.05. The van der Waals surface area contributed by atoms with E-state index >= 15 is 0 Å². The third kappa shape index (κ3) is 3.29. The van der Waals surface area contributed by atoms with E-state index in [0.717, 1.165) is 12.3 Å². The Bertz CT molecular complexity index is 360. The smallest absolute Gasteiger partial charge is 0.252 e. The lowest BCUT2D eigenvalue weighted by molar-refractivity contribution is 0.0952. The summed E-state index contributed by atoms with van der Waals surface area (Å²) in [5.41, 5.74) is 0.410. The topological polar surface area (TPSA) is 42.0 Å². The molecule has 1 aliphatic rings. The fourth-order valence-corrected chi connectivity index (χ4v) is 1.61. The summed E-state index contributed by atoms with van der Waals surface area (Å²) < 4.78 is 12.5. The molecule has 0 aromatic carbocycles. The fraction of sp³-hybridized carbons (Fsp3) is 0.500. The first-order valence-corrected chi connectivity index (χ1v) is 5.65. The Morgan fingerprint density at radius 3 is 2.94 bits per heavy atom. The number of aromatic nitrogens is 1. The van der Waals surface area contributed by atoms with Crippen LogP contribution in [0, 0.1) is 11.9 Å². The highest BCUT2D eigenvalue weighted by molar-refractivity contribution is 5.93. The van der Waals surface area contributed by atoms with Crippen molar-refractivity contribution < 1.29 is 9.18 Å². The van der Waals surface area contributed by atoms with Crippen molar-refractivity contribution in [3.63, 3.8) is 0 Å². The zero-order valence-electron chi connectivity index (χ0n) is 9.08. The van der Waals surface area contributed by atoms with Gasteiger partial charge in [-0.1, -0.05) is 12.8 Å². The number of hydrogen-bond donors (Lipinski definition) is 1. The van der Waals surface area contributed by atoms with Crippen molar-refractivity contribution in [1.82, 2.24) is 10.3 Å². The molecule has 2 rings (SSSR count). The molecule has 1 aliphatic carbocycles. The molecule has 4 heteroatoms. The first-order chi connectivity index (χ1) is 7.75. The maximum Gasteiger partial charge on any atom is 0.252 e. The summed E-state index contributed by atoms with van der Waals surface area (Å²) in [4.78, 5) is 15.0. The van der Waals surface area contributed by atoms with Crippen LogP contribution in [0.4, 0.5) is 4.39 Å². The number of amides is 1. The van der Waals surface area contributed by atoms with Gasteiger partial charge >= 0.3 is 0 Å².